The van der Waals surface area contributed by atoms with Crippen LogP contribution in [0, 0.1) is 0 Å². The van der Waals surface area contributed by atoms with Gasteiger partial charge in [0.05, 0.1) is 13.2 Å². The topological polar surface area (TPSA) is 58.1 Å². The molecule has 2 rings (SSSR count). The molecule has 0 atom stereocenters. The van der Waals surface area contributed by atoms with E-state index >= 15 is 0 Å². The van der Waals surface area contributed by atoms with E-state index in [1.54, 1.807) is 7.11 Å². The molecule has 1 aromatic rings. The number of nitrogens with one attached hydrogen (secondary N) is 2. The lowest BCUT2D eigenvalue weighted by Gasteiger charge is -2.26. The predicted octanol–water partition coefficient (Wildman–Crippen LogP) is 2.25. The third-order valence-corrected chi connectivity index (χ3v) is 4.39. The maximum atomic E-state index is 5.66. The number of rotatable bonds is 10. The van der Waals surface area contributed by atoms with E-state index in [9.17, 15) is 0 Å². The van der Waals surface area contributed by atoms with Gasteiger partial charge in [-0.1, -0.05) is 18.6 Å². The van der Waals surface area contributed by atoms with E-state index in [0.29, 0.717) is 19.8 Å². The number of nitrogens with zero attached hydrogens (tertiary/aromatic N) is 2. The smallest absolute Gasteiger partial charge is 0.191 e. The molecule has 0 amide bonds. The number of likely N-dealkylation sites (tertiary alicyclic amines) is 1. The lowest BCUT2D eigenvalue weighted by atomic mass is 10.1. The third-order valence-electron chi connectivity index (χ3n) is 4.39. The summed E-state index contributed by atoms with van der Waals surface area (Å²) in [7, 11) is 1.68. The first-order valence-corrected chi connectivity index (χ1v) is 9.77. The number of hydrogen-bond acceptors (Lipinski definition) is 4. The average molecular weight is 363 g/mol. The van der Waals surface area contributed by atoms with Gasteiger partial charge in [0, 0.05) is 26.7 Å². The largest absolute Gasteiger partial charge is 0.491 e. The van der Waals surface area contributed by atoms with Gasteiger partial charge in [-0.05, 0) is 50.6 Å². The van der Waals surface area contributed by atoms with E-state index in [-0.39, 0.29) is 0 Å². The molecule has 0 radical (unpaired) electrons. The van der Waals surface area contributed by atoms with Crippen LogP contribution in [-0.2, 0) is 11.3 Å². The summed E-state index contributed by atoms with van der Waals surface area (Å²) in [6.07, 6.45) is 4.04. The molecule has 6 nitrogen and oxygen atoms in total. The zero-order valence-electron chi connectivity index (χ0n) is 16.3. The Labute approximate surface area is 158 Å². The van der Waals surface area contributed by atoms with Crippen LogP contribution < -0.4 is 15.4 Å². The minimum Gasteiger partial charge on any atom is -0.491 e. The van der Waals surface area contributed by atoms with Gasteiger partial charge in [-0.2, -0.15) is 0 Å². The molecule has 1 heterocycles. The van der Waals surface area contributed by atoms with Crippen molar-refractivity contribution in [2.45, 2.75) is 32.7 Å². The van der Waals surface area contributed by atoms with Crippen LogP contribution in [0.5, 0.6) is 5.75 Å². The molecule has 1 aromatic carbocycles. The molecule has 1 fully saturated rings. The number of piperidine rings is 1. The molecule has 26 heavy (non-hydrogen) atoms. The summed E-state index contributed by atoms with van der Waals surface area (Å²) in [5, 5.41) is 6.76. The van der Waals surface area contributed by atoms with Crippen molar-refractivity contribution in [3.63, 3.8) is 0 Å². The Morgan fingerprint density at radius 2 is 2.00 bits per heavy atom. The molecular weight excluding hydrogens is 328 g/mol. The van der Waals surface area contributed by atoms with E-state index in [1.807, 2.05) is 18.2 Å². The molecule has 0 unspecified atom stereocenters. The number of guanidine groups is 1. The number of methoxy groups -OCH3 is 1. The summed E-state index contributed by atoms with van der Waals surface area (Å²) in [5.74, 6) is 1.73. The van der Waals surface area contributed by atoms with Gasteiger partial charge in [0.15, 0.2) is 5.96 Å². The molecule has 0 spiro atoms. The quantitative estimate of drug-likeness (QED) is 0.380. The summed E-state index contributed by atoms with van der Waals surface area (Å²) in [6, 6.07) is 8.08. The van der Waals surface area contributed by atoms with Crippen molar-refractivity contribution >= 4 is 5.96 Å². The Balaban J connectivity index is 1.80. The number of aliphatic imine (C=N–C) groups is 1. The van der Waals surface area contributed by atoms with Gasteiger partial charge < -0.3 is 25.0 Å². The molecule has 1 aliphatic rings. The molecule has 2 N–H and O–H groups in total. The van der Waals surface area contributed by atoms with Crippen molar-refractivity contribution in [3.8, 4) is 5.75 Å². The Kier molecular flexibility index (Phi) is 9.90. The summed E-state index contributed by atoms with van der Waals surface area (Å²) in [6.45, 7) is 9.18. The van der Waals surface area contributed by atoms with Gasteiger partial charge in [-0.3, -0.25) is 0 Å². The minimum absolute atomic E-state index is 0.559. The van der Waals surface area contributed by atoms with E-state index in [4.69, 9.17) is 14.5 Å². The van der Waals surface area contributed by atoms with Crippen LogP contribution in [0.25, 0.3) is 0 Å². The lowest BCUT2D eigenvalue weighted by Crippen LogP contribution is -2.42. The fourth-order valence-electron chi connectivity index (χ4n) is 3.00. The highest BCUT2D eigenvalue weighted by atomic mass is 16.5. The molecule has 6 heteroatoms. The number of ether oxygens (including phenoxy) is 2. The Hall–Kier alpha value is -1.79. The van der Waals surface area contributed by atoms with E-state index in [1.165, 1.54) is 32.4 Å². The monoisotopic (exact) mass is 362 g/mol. The summed E-state index contributed by atoms with van der Waals surface area (Å²) < 4.78 is 10.7. The second-order valence-corrected chi connectivity index (χ2v) is 6.51. The molecule has 0 aromatic heterocycles. The van der Waals surface area contributed by atoms with Crippen molar-refractivity contribution in [1.29, 1.82) is 0 Å². The fourth-order valence-corrected chi connectivity index (χ4v) is 3.00. The van der Waals surface area contributed by atoms with Crippen molar-refractivity contribution in [3.05, 3.63) is 29.8 Å². The first-order valence-electron chi connectivity index (χ1n) is 9.77. The van der Waals surface area contributed by atoms with Crippen LogP contribution in [0.4, 0.5) is 0 Å². The van der Waals surface area contributed by atoms with Crippen molar-refractivity contribution in [1.82, 2.24) is 15.5 Å². The van der Waals surface area contributed by atoms with E-state index in [0.717, 1.165) is 36.9 Å². The average Bonchev–Trinajstić information content (AvgIpc) is 2.67. The fraction of sp³-hybridized carbons (Fsp3) is 0.650. The van der Waals surface area contributed by atoms with Gasteiger partial charge in [0.25, 0.3) is 0 Å². The Morgan fingerprint density at radius 1 is 1.15 bits per heavy atom. The van der Waals surface area contributed by atoms with Crippen LogP contribution >= 0.6 is 0 Å². The highest BCUT2D eigenvalue weighted by molar-refractivity contribution is 5.79. The second-order valence-electron chi connectivity index (χ2n) is 6.51. The zero-order valence-corrected chi connectivity index (χ0v) is 16.3. The number of hydrogen-bond donors (Lipinski definition) is 2. The van der Waals surface area contributed by atoms with Crippen LogP contribution in [0.1, 0.15) is 31.7 Å². The maximum absolute atomic E-state index is 5.66. The van der Waals surface area contributed by atoms with Crippen molar-refractivity contribution in [2.24, 2.45) is 4.99 Å². The van der Waals surface area contributed by atoms with Crippen LogP contribution in [0.2, 0.25) is 0 Å². The van der Waals surface area contributed by atoms with Gasteiger partial charge in [-0.25, -0.2) is 4.99 Å². The Morgan fingerprint density at radius 3 is 2.77 bits per heavy atom. The first kappa shape index (κ1) is 20.5. The van der Waals surface area contributed by atoms with Crippen LogP contribution in [-0.4, -0.2) is 63.9 Å². The molecular formula is C20H34N4O2. The molecule has 0 saturated carbocycles. The predicted molar refractivity (Wildman–Crippen MR) is 107 cm³/mol. The summed E-state index contributed by atoms with van der Waals surface area (Å²) >= 11 is 0. The van der Waals surface area contributed by atoms with Gasteiger partial charge >= 0.3 is 0 Å². The van der Waals surface area contributed by atoms with E-state index < -0.39 is 0 Å². The summed E-state index contributed by atoms with van der Waals surface area (Å²) in [5.41, 5.74) is 1.13. The highest BCUT2D eigenvalue weighted by Crippen LogP contribution is 2.14. The third kappa shape index (κ3) is 8.06. The van der Waals surface area contributed by atoms with Crippen molar-refractivity contribution in [2.75, 3.05) is 53.0 Å². The minimum atomic E-state index is 0.559. The number of benzene rings is 1. The normalized spacial score (nSPS) is 15.7. The van der Waals surface area contributed by atoms with Gasteiger partial charge in [0.2, 0.25) is 0 Å². The van der Waals surface area contributed by atoms with Crippen LogP contribution in [0.15, 0.2) is 29.3 Å². The second kappa shape index (κ2) is 12.5. The molecule has 1 saturated heterocycles. The zero-order chi connectivity index (χ0) is 18.5. The molecule has 0 aliphatic carbocycles. The van der Waals surface area contributed by atoms with E-state index in [2.05, 4.69) is 28.5 Å². The highest BCUT2D eigenvalue weighted by Gasteiger charge is 2.09. The first-order chi connectivity index (χ1) is 12.8. The molecule has 146 valence electrons. The van der Waals surface area contributed by atoms with Gasteiger partial charge in [-0.15, -0.1) is 0 Å². The standard InChI is InChI=1S/C20H34N4O2/c1-3-21-20(22-10-13-24-11-5-4-6-12-24)23-17-18-8-7-9-19(16-18)26-15-14-25-2/h7-9,16H,3-6,10-15,17H2,1-2H3,(H2,21,22,23). The molecule has 1 aliphatic heterocycles. The van der Waals surface area contributed by atoms with Gasteiger partial charge in [0.1, 0.15) is 12.4 Å². The maximum Gasteiger partial charge on any atom is 0.191 e. The van der Waals surface area contributed by atoms with Crippen molar-refractivity contribution < 1.29 is 9.47 Å². The summed E-state index contributed by atoms with van der Waals surface area (Å²) in [4.78, 5) is 7.23. The molecule has 0 bridgehead atoms. The van der Waals surface area contributed by atoms with Crippen LogP contribution in [0.3, 0.4) is 0 Å². The lowest BCUT2D eigenvalue weighted by molar-refractivity contribution is 0.146. The SMILES string of the molecule is CCNC(=NCc1cccc(OCCOC)c1)NCCN1CCCCC1. The Bertz CT molecular complexity index is 530.